The van der Waals surface area contributed by atoms with Gasteiger partial charge in [0.15, 0.2) is 5.69 Å². The third kappa shape index (κ3) is 3.30. The van der Waals surface area contributed by atoms with Crippen molar-refractivity contribution in [1.82, 2.24) is 19.6 Å². The standard InChI is InChI=1S/C14H25N5O/c1-4-19-10-12(15)13(16-19)14(20)18(3)9-11-5-7-17(2)8-6-11/h10-11H,4-9,15H2,1-3H3. The molecule has 2 heterocycles. The summed E-state index contributed by atoms with van der Waals surface area (Å²) in [5.41, 5.74) is 6.71. The summed E-state index contributed by atoms with van der Waals surface area (Å²) >= 11 is 0. The molecule has 1 aromatic rings. The Hall–Kier alpha value is -1.56. The molecule has 6 heteroatoms. The van der Waals surface area contributed by atoms with Crippen LogP contribution in [0.3, 0.4) is 0 Å². The number of aromatic nitrogens is 2. The van der Waals surface area contributed by atoms with Gasteiger partial charge in [-0.3, -0.25) is 9.48 Å². The van der Waals surface area contributed by atoms with Crippen LogP contribution in [0.25, 0.3) is 0 Å². The minimum atomic E-state index is -0.0753. The zero-order valence-corrected chi connectivity index (χ0v) is 12.7. The molecule has 0 unspecified atom stereocenters. The summed E-state index contributed by atoms with van der Waals surface area (Å²) in [4.78, 5) is 16.5. The van der Waals surface area contributed by atoms with Crippen LogP contribution in [0.1, 0.15) is 30.3 Å². The molecule has 20 heavy (non-hydrogen) atoms. The monoisotopic (exact) mass is 279 g/mol. The molecule has 0 aromatic carbocycles. The molecule has 112 valence electrons. The first-order valence-electron chi connectivity index (χ1n) is 7.28. The van der Waals surface area contributed by atoms with E-state index in [1.165, 1.54) is 0 Å². The molecule has 0 radical (unpaired) electrons. The molecule has 0 bridgehead atoms. The molecule has 0 atom stereocenters. The summed E-state index contributed by atoms with van der Waals surface area (Å²) in [6.07, 6.45) is 4.01. The molecule has 1 amide bonds. The summed E-state index contributed by atoms with van der Waals surface area (Å²) < 4.78 is 1.70. The smallest absolute Gasteiger partial charge is 0.276 e. The third-order valence-corrected chi connectivity index (χ3v) is 4.03. The third-order valence-electron chi connectivity index (χ3n) is 4.03. The minimum absolute atomic E-state index is 0.0753. The molecular weight excluding hydrogens is 254 g/mol. The van der Waals surface area contributed by atoms with E-state index in [2.05, 4.69) is 17.0 Å². The Bertz CT molecular complexity index is 462. The maximum atomic E-state index is 12.4. The molecule has 1 aliphatic rings. The molecule has 1 fully saturated rings. The molecule has 1 aliphatic heterocycles. The molecule has 0 aliphatic carbocycles. The van der Waals surface area contributed by atoms with Crippen molar-refractivity contribution in [2.75, 3.05) is 39.5 Å². The molecule has 6 nitrogen and oxygen atoms in total. The van der Waals surface area contributed by atoms with Crippen LogP contribution < -0.4 is 5.73 Å². The van der Waals surface area contributed by atoms with Crippen LogP contribution in [0, 0.1) is 5.92 Å². The minimum Gasteiger partial charge on any atom is -0.396 e. The Morgan fingerprint density at radius 3 is 2.70 bits per heavy atom. The highest BCUT2D eigenvalue weighted by atomic mass is 16.2. The molecule has 0 saturated carbocycles. The van der Waals surface area contributed by atoms with Crippen LogP contribution in [0.4, 0.5) is 5.69 Å². The highest BCUT2D eigenvalue weighted by Crippen LogP contribution is 2.18. The molecule has 1 aromatic heterocycles. The van der Waals surface area contributed by atoms with Crippen molar-refractivity contribution >= 4 is 11.6 Å². The summed E-state index contributed by atoms with van der Waals surface area (Å²) in [7, 11) is 3.98. The van der Waals surface area contributed by atoms with Gasteiger partial charge in [-0.05, 0) is 45.8 Å². The zero-order chi connectivity index (χ0) is 14.7. The van der Waals surface area contributed by atoms with Gasteiger partial charge in [0, 0.05) is 26.3 Å². The van der Waals surface area contributed by atoms with Gasteiger partial charge in [0.2, 0.25) is 0 Å². The van der Waals surface area contributed by atoms with E-state index in [0.717, 1.165) is 39.0 Å². The molecule has 1 saturated heterocycles. The average molecular weight is 279 g/mol. The Morgan fingerprint density at radius 1 is 1.50 bits per heavy atom. The van der Waals surface area contributed by atoms with Crippen molar-refractivity contribution in [3.05, 3.63) is 11.9 Å². The number of piperidine rings is 1. The highest BCUT2D eigenvalue weighted by molar-refractivity contribution is 5.96. The van der Waals surface area contributed by atoms with Crippen molar-refractivity contribution in [3.63, 3.8) is 0 Å². The van der Waals surface area contributed by atoms with Crippen molar-refractivity contribution < 1.29 is 4.79 Å². The van der Waals surface area contributed by atoms with Gasteiger partial charge in [-0.15, -0.1) is 0 Å². The number of likely N-dealkylation sites (tertiary alicyclic amines) is 1. The number of carbonyl (C=O) groups excluding carboxylic acids is 1. The van der Waals surface area contributed by atoms with Crippen molar-refractivity contribution in [2.24, 2.45) is 5.92 Å². The van der Waals surface area contributed by atoms with E-state index in [-0.39, 0.29) is 5.91 Å². The van der Waals surface area contributed by atoms with E-state index < -0.39 is 0 Å². The number of amides is 1. The van der Waals surface area contributed by atoms with E-state index in [4.69, 9.17) is 5.73 Å². The lowest BCUT2D eigenvalue weighted by molar-refractivity contribution is 0.0741. The van der Waals surface area contributed by atoms with Crippen LogP contribution in [0.15, 0.2) is 6.20 Å². The Kier molecular flexibility index (Phi) is 4.65. The van der Waals surface area contributed by atoms with E-state index in [0.29, 0.717) is 17.3 Å². The predicted octanol–water partition coefficient (Wildman–Crippen LogP) is 0.899. The summed E-state index contributed by atoms with van der Waals surface area (Å²) in [6.45, 7) is 5.70. The largest absolute Gasteiger partial charge is 0.396 e. The number of nitrogen functional groups attached to an aromatic ring is 1. The SMILES string of the molecule is CCn1cc(N)c(C(=O)N(C)CC2CCN(C)CC2)n1. The van der Waals surface area contributed by atoms with E-state index in [1.54, 1.807) is 15.8 Å². The van der Waals surface area contributed by atoms with Gasteiger partial charge in [0.25, 0.3) is 5.91 Å². The van der Waals surface area contributed by atoms with Gasteiger partial charge in [-0.25, -0.2) is 0 Å². The topological polar surface area (TPSA) is 67.4 Å². The fourth-order valence-corrected chi connectivity index (χ4v) is 2.66. The van der Waals surface area contributed by atoms with Gasteiger partial charge in [-0.2, -0.15) is 5.10 Å². The Labute approximate surface area is 120 Å². The van der Waals surface area contributed by atoms with E-state index >= 15 is 0 Å². The normalized spacial score (nSPS) is 17.4. The summed E-state index contributed by atoms with van der Waals surface area (Å²) in [5.74, 6) is 0.503. The lowest BCUT2D eigenvalue weighted by atomic mass is 9.96. The molecule has 2 N–H and O–H groups in total. The first-order valence-corrected chi connectivity index (χ1v) is 7.28. The maximum absolute atomic E-state index is 12.4. The Morgan fingerprint density at radius 2 is 2.15 bits per heavy atom. The van der Waals surface area contributed by atoms with Gasteiger partial charge in [-0.1, -0.05) is 0 Å². The number of anilines is 1. The number of hydrogen-bond acceptors (Lipinski definition) is 4. The predicted molar refractivity (Wildman–Crippen MR) is 79.5 cm³/mol. The number of nitrogens with zero attached hydrogens (tertiary/aromatic N) is 4. The Balaban J connectivity index is 1.96. The van der Waals surface area contributed by atoms with E-state index in [9.17, 15) is 4.79 Å². The average Bonchev–Trinajstić information content (AvgIpc) is 2.81. The van der Waals surface area contributed by atoms with Crippen LogP contribution in [-0.2, 0) is 6.54 Å². The fraction of sp³-hybridized carbons (Fsp3) is 0.714. The molecule has 2 rings (SSSR count). The second-order valence-corrected chi connectivity index (χ2v) is 5.72. The van der Waals surface area contributed by atoms with E-state index in [1.807, 2.05) is 14.0 Å². The van der Waals surface area contributed by atoms with Crippen LogP contribution in [0.2, 0.25) is 0 Å². The van der Waals surface area contributed by atoms with Crippen molar-refractivity contribution in [3.8, 4) is 0 Å². The van der Waals surface area contributed by atoms with Gasteiger partial charge < -0.3 is 15.5 Å². The summed E-state index contributed by atoms with van der Waals surface area (Å²) in [5, 5.41) is 4.25. The zero-order valence-electron chi connectivity index (χ0n) is 12.7. The fourth-order valence-electron chi connectivity index (χ4n) is 2.66. The highest BCUT2D eigenvalue weighted by Gasteiger charge is 2.23. The van der Waals surface area contributed by atoms with Crippen molar-refractivity contribution in [2.45, 2.75) is 26.3 Å². The first-order chi connectivity index (χ1) is 9.51. The van der Waals surface area contributed by atoms with Crippen LogP contribution >= 0.6 is 0 Å². The first kappa shape index (κ1) is 14.8. The number of hydrogen-bond donors (Lipinski definition) is 1. The van der Waals surface area contributed by atoms with Crippen LogP contribution in [-0.4, -0.2) is 59.2 Å². The second kappa shape index (κ2) is 6.26. The van der Waals surface area contributed by atoms with Crippen molar-refractivity contribution in [1.29, 1.82) is 0 Å². The maximum Gasteiger partial charge on any atom is 0.276 e. The number of nitrogens with two attached hydrogens (primary N) is 1. The second-order valence-electron chi connectivity index (χ2n) is 5.72. The molecule has 0 spiro atoms. The molecular formula is C14H25N5O. The van der Waals surface area contributed by atoms with Gasteiger partial charge in [0.1, 0.15) is 0 Å². The van der Waals surface area contributed by atoms with Gasteiger partial charge >= 0.3 is 0 Å². The number of aryl methyl sites for hydroxylation is 1. The number of carbonyl (C=O) groups is 1. The van der Waals surface area contributed by atoms with Gasteiger partial charge in [0.05, 0.1) is 5.69 Å². The lowest BCUT2D eigenvalue weighted by Gasteiger charge is -2.31. The number of rotatable bonds is 4. The van der Waals surface area contributed by atoms with Crippen LogP contribution in [0.5, 0.6) is 0 Å². The quantitative estimate of drug-likeness (QED) is 0.889. The summed E-state index contributed by atoms with van der Waals surface area (Å²) in [6, 6.07) is 0. The lowest BCUT2D eigenvalue weighted by Crippen LogP contribution is -2.38.